The van der Waals surface area contributed by atoms with Gasteiger partial charge in [0.15, 0.2) is 0 Å². The Morgan fingerprint density at radius 3 is 2.81 bits per heavy atom. The molecular weight excluding hydrogens is 203 g/mol. The average molecular weight is 222 g/mol. The van der Waals surface area contributed by atoms with E-state index in [1.807, 2.05) is 12.1 Å². The summed E-state index contributed by atoms with van der Waals surface area (Å²) in [5.74, 6) is 0.440. The first-order valence-corrected chi connectivity index (χ1v) is 5.95. The van der Waals surface area contributed by atoms with Crippen molar-refractivity contribution >= 4 is 5.69 Å². The Kier molecular flexibility index (Phi) is 3.44. The van der Waals surface area contributed by atoms with E-state index in [0.717, 1.165) is 25.9 Å². The Labute approximate surface area is 96.2 Å². The molecular formula is C13H19FN2. The molecule has 2 rings (SSSR count). The predicted molar refractivity (Wildman–Crippen MR) is 65.0 cm³/mol. The van der Waals surface area contributed by atoms with Gasteiger partial charge in [-0.15, -0.1) is 0 Å². The number of nitrogens with zero attached hydrogens (tertiary/aromatic N) is 1. The summed E-state index contributed by atoms with van der Waals surface area (Å²) in [7, 11) is 0. The normalized spacial score (nSPS) is 25.8. The molecule has 0 aliphatic carbocycles. The van der Waals surface area contributed by atoms with Gasteiger partial charge in [-0.25, -0.2) is 4.39 Å². The molecule has 88 valence electrons. The van der Waals surface area contributed by atoms with Crippen molar-refractivity contribution in [3.8, 4) is 0 Å². The van der Waals surface area contributed by atoms with Crippen LogP contribution in [-0.4, -0.2) is 19.1 Å². The molecule has 2 unspecified atom stereocenters. The molecule has 0 amide bonds. The second-order valence-electron chi connectivity index (χ2n) is 4.63. The lowest BCUT2D eigenvalue weighted by Crippen LogP contribution is -2.47. The van der Waals surface area contributed by atoms with Crippen molar-refractivity contribution in [2.45, 2.75) is 25.8 Å². The molecule has 1 fully saturated rings. The van der Waals surface area contributed by atoms with Crippen molar-refractivity contribution in [2.24, 2.45) is 11.7 Å². The zero-order valence-electron chi connectivity index (χ0n) is 9.70. The molecule has 1 heterocycles. The number of halogens is 1. The van der Waals surface area contributed by atoms with Gasteiger partial charge in [0, 0.05) is 19.1 Å². The summed E-state index contributed by atoms with van der Waals surface area (Å²) in [4.78, 5) is 2.08. The van der Waals surface area contributed by atoms with Crippen molar-refractivity contribution in [3.05, 3.63) is 30.1 Å². The Hall–Kier alpha value is -1.09. The monoisotopic (exact) mass is 222 g/mol. The molecule has 1 aliphatic heterocycles. The van der Waals surface area contributed by atoms with Crippen LogP contribution in [0, 0.1) is 11.7 Å². The minimum absolute atomic E-state index is 0.147. The van der Waals surface area contributed by atoms with Gasteiger partial charge in [-0.3, -0.25) is 0 Å². The summed E-state index contributed by atoms with van der Waals surface area (Å²) in [5, 5.41) is 0. The average Bonchev–Trinajstić information content (AvgIpc) is 2.28. The predicted octanol–water partition coefficient (Wildman–Crippen LogP) is 2.39. The first kappa shape index (κ1) is 11.4. The Bertz CT molecular complexity index is 354. The summed E-state index contributed by atoms with van der Waals surface area (Å²) in [5.41, 5.74) is 6.71. The summed E-state index contributed by atoms with van der Waals surface area (Å²) in [6.07, 6.45) is 2.17. The highest BCUT2D eigenvalue weighted by atomic mass is 19.1. The molecule has 0 aromatic heterocycles. The van der Waals surface area contributed by atoms with E-state index in [2.05, 4.69) is 11.8 Å². The van der Waals surface area contributed by atoms with Crippen LogP contribution in [0.2, 0.25) is 0 Å². The maximum absolute atomic E-state index is 13.6. The van der Waals surface area contributed by atoms with E-state index < -0.39 is 0 Å². The van der Waals surface area contributed by atoms with Gasteiger partial charge in [0.05, 0.1) is 5.69 Å². The van der Waals surface area contributed by atoms with Crippen LogP contribution in [0.3, 0.4) is 0 Å². The van der Waals surface area contributed by atoms with Crippen LogP contribution in [0.5, 0.6) is 0 Å². The molecule has 1 aromatic rings. The minimum atomic E-state index is -0.147. The Morgan fingerprint density at radius 2 is 2.12 bits per heavy atom. The van der Waals surface area contributed by atoms with E-state index in [-0.39, 0.29) is 11.9 Å². The van der Waals surface area contributed by atoms with E-state index in [4.69, 9.17) is 5.73 Å². The van der Waals surface area contributed by atoms with Crippen molar-refractivity contribution in [1.82, 2.24) is 0 Å². The molecule has 1 aromatic carbocycles. The van der Waals surface area contributed by atoms with Crippen LogP contribution < -0.4 is 10.6 Å². The first-order chi connectivity index (χ1) is 7.70. The molecule has 0 radical (unpaired) electrons. The second-order valence-corrected chi connectivity index (χ2v) is 4.63. The van der Waals surface area contributed by atoms with Gasteiger partial charge in [0.1, 0.15) is 5.82 Å². The maximum Gasteiger partial charge on any atom is 0.146 e. The molecule has 2 atom stereocenters. The van der Waals surface area contributed by atoms with Crippen molar-refractivity contribution in [1.29, 1.82) is 0 Å². The summed E-state index contributed by atoms with van der Waals surface area (Å²) in [6, 6.07) is 7.11. The lowest BCUT2D eigenvalue weighted by atomic mass is 9.92. The van der Waals surface area contributed by atoms with Gasteiger partial charge in [-0.05, 0) is 24.5 Å². The highest BCUT2D eigenvalue weighted by Crippen LogP contribution is 2.26. The molecule has 0 bridgehead atoms. The minimum Gasteiger partial charge on any atom is -0.367 e. The Balaban J connectivity index is 2.17. The highest BCUT2D eigenvalue weighted by molar-refractivity contribution is 5.48. The van der Waals surface area contributed by atoms with E-state index in [1.165, 1.54) is 6.07 Å². The van der Waals surface area contributed by atoms with E-state index in [0.29, 0.717) is 11.6 Å². The van der Waals surface area contributed by atoms with Crippen LogP contribution in [0.25, 0.3) is 0 Å². The molecule has 3 heteroatoms. The van der Waals surface area contributed by atoms with Gasteiger partial charge < -0.3 is 10.6 Å². The molecule has 2 nitrogen and oxygen atoms in total. The molecule has 0 spiro atoms. The second kappa shape index (κ2) is 4.83. The third kappa shape index (κ3) is 2.35. The lowest BCUT2D eigenvalue weighted by molar-refractivity contribution is 0.365. The van der Waals surface area contributed by atoms with Gasteiger partial charge >= 0.3 is 0 Å². The number of anilines is 1. The fourth-order valence-electron chi connectivity index (χ4n) is 2.45. The third-order valence-corrected chi connectivity index (χ3v) is 3.34. The maximum atomic E-state index is 13.6. The van der Waals surface area contributed by atoms with Crippen molar-refractivity contribution in [3.63, 3.8) is 0 Å². The number of rotatable bonds is 2. The van der Waals surface area contributed by atoms with Crippen molar-refractivity contribution in [2.75, 3.05) is 18.0 Å². The Morgan fingerprint density at radius 1 is 1.38 bits per heavy atom. The van der Waals surface area contributed by atoms with Gasteiger partial charge in [0.2, 0.25) is 0 Å². The smallest absolute Gasteiger partial charge is 0.146 e. The van der Waals surface area contributed by atoms with Crippen molar-refractivity contribution < 1.29 is 4.39 Å². The van der Waals surface area contributed by atoms with E-state index in [1.54, 1.807) is 6.07 Å². The standard InChI is InChI=1S/C13H19FN2/c1-2-10-7-11(15)9-16(8-10)13-6-4-3-5-12(13)14/h3-6,10-11H,2,7-9,15H2,1H3. The number of para-hydroxylation sites is 1. The van der Waals surface area contributed by atoms with Crippen LogP contribution in [0.1, 0.15) is 19.8 Å². The first-order valence-electron chi connectivity index (χ1n) is 5.95. The van der Waals surface area contributed by atoms with Gasteiger partial charge in [-0.1, -0.05) is 25.5 Å². The highest BCUT2D eigenvalue weighted by Gasteiger charge is 2.25. The number of nitrogens with two attached hydrogens (primary N) is 1. The number of hydrogen-bond donors (Lipinski definition) is 1. The topological polar surface area (TPSA) is 29.3 Å². The molecule has 2 N–H and O–H groups in total. The van der Waals surface area contributed by atoms with Crippen LogP contribution in [-0.2, 0) is 0 Å². The fourth-order valence-corrected chi connectivity index (χ4v) is 2.45. The largest absolute Gasteiger partial charge is 0.367 e. The lowest BCUT2D eigenvalue weighted by Gasteiger charge is -2.37. The zero-order chi connectivity index (χ0) is 11.5. The molecule has 1 aliphatic rings. The zero-order valence-corrected chi connectivity index (χ0v) is 9.70. The third-order valence-electron chi connectivity index (χ3n) is 3.34. The molecule has 16 heavy (non-hydrogen) atoms. The van der Waals surface area contributed by atoms with Crippen LogP contribution >= 0.6 is 0 Å². The van der Waals surface area contributed by atoms with Crippen LogP contribution in [0.15, 0.2) is 24.3 Å². The summed E-state index contributed by atoms with van der Waals surface area (Å²) < 4.78 is 13.6. The number of hydrogen-bond acceptors (Lipinski definition) is 2. The molecule has 0 saturated carbocycles. The number of piperidine rings is 1. The SMILES string of the molecule is CCC1CC(N)CN(c2ccccc2F)C1. The summed E-state index contributed by atoms with van der Waals surface area (Å²) in [6.45, 7) is 3.85. The van der Waals surface area contributed by atoms with Crippen LogP contribution in [0.4, 0.5) is 10.1 Å². The van der Waals surface area contributed by atoms with Gasteiger partial charge in [0.25, 0.3) is 0 Å². The molecule has 1 saturated heterocycles. The van der Waals surface area contributed by atoms with Gasteiger partial charge in [-0.2, -0.15) is 0 Å². The quantitative estimate of drug-likeness (QED) is 0.832. The van der Waals surface area contributed by atoms with E-state index >= 15 is 0 Å². The fraction of sp³-hybridized carbons (Fsp3) is 0.538. The number of benzene rings is 1. The summed E-state index contributed by atoms with van der Waals surface area (Å²) >= 11 is 0. The van der Waals surface area contributed by atoms with E-state index in [9.17, 15) is 4.39 Å².